The highest BCUT2D eigenvalue weighted by Gasteiger charge is 2.14. The van der Waals surface area contributed by atoms with Crippen LogP contribution in [0.2, 0.25) is 0 Å². The van der Waals surface area contributed by atoms with Crippen molar-refractivity contribution in [1.29, 1.82) is 0 Å². The van der Waals surface area contributed by atoms with Gasteiger partial charge in [-0.2, -0.15) is 0 Å². The Labute approximate surface area is 134 Å². The summed E-state index contributed by atoms with van der Waals surface area (Å²) in [6.07, 6.45) is 0. The first-order valence-electron chi connectivity index (χ1n) is 5.96. The van der Waals surface area contributed by atoms with Crippen molar-refractivity contribution >= 4 is 43.5 Å². The number of aromatic carboxylic acids is 1. The molecule has 0 amide bonds. The molecule has 0 unspecified atom stereocenters. The molecule has 2 aromatic rings. The zero-order valence-corrected chi connectivity index (χ0v) is 14.0. The Bertz CT molecular complexity index is 644. The van der Waals surface area contributed by atoms with Crippen LogP contribution in [-0.4, -0.2) is 18.1 Å². The molecule has 0 aliphatic rings. The molecule has 5 heteroatoms. The second-order valence-electron chi connectivity index (χ2n) is 4.45. The molecule has 0 fully saturated rings. The minimum absolute atomic E-state index is 0.289. The Kier molecular flexibility index (Phi) is 4.83. The fourth-order valence-corrected chi connectivity index (χ4v) is 2.81. The van der Waals surface area contributed by atoms with Crippen LogP contribution in [0, 0.1) is 0 Å². The number of anilines is 1. The number of carbonyl (C=O) groups is 1. The van der Waals surface area contributed by atoms with Gasteiger partial charge in [-0.1, -0.05) is 44.0 Å². The van der Waals surface area contributed by atoms with Gasteiger partial charge in [0.15, 0.2) is 0 Å². The van der Waals surface area contributed by atoms with E-state index in [0.717, 1.165) is 14.5 Å². The van der Waals surface area contributed by atoms with Crippen LogP contribution in [0.1, 0.15) is 15.9 Å². The molecule has 0 spiro atoms. The van der Waals surface area contributed by atoms with Crippen LogP contribution in [0.25, 0.3) is 0 Å². The Morgan fingerprint density at radius 2 is 1.85 bits per heavy atom. The lowest BCUT2D eigenvalue weighted by Crippen LogP contribution is -2.19. The van der Waals surface area contributed by atoms with E-state index in [-0.39, 0.29) is 5.56 Å². The molecule has 0 saturated carbocycles. The summed E-state index contributed by atoms with van der Waals surface area (Å²) >= 11 is 6.74. The van der Waals surface area contributed by atoms with Crippen LogP contribution in [0.3, 0.4) is 0 Å². The highest BCUT2D eigenvalue weighted by Crippen LogP contribution is 2.25. The molecular formula is C15H13Br2NO2. The number of rotatable bonds is 4. The predicted octanol–water partition coefficient (Wildman–Crippen LogP) is 4.55. The first kappa shape index (κ1) is 15.1. The Hall–Kier alpha value is -1.33. The largest absolute Gasteiger partial charge is 0.478 e. The standard InChI is InChI=1S/C15H13Br2NO2/c1-18(9-10-3-2-4-11(16)7-10)14-6-5-12(17)8-13(14)15(19)20/h2-8H,9H2,1H3,(H,19,20). The average molecular weight is 399 g/mol. The summed E-state index contributed by atoms with van der Waals surface area (Å²) in [5.74, 6) is -0.928. The summed E-state index contributed by atoms with van der Waals surface area (Å²) in [5, 5.41) is 9.29. The second-order valence-corrected chi connectivity index (χ2v) is 6.28. The topological polar surface area (TPSA) is 40.5 Å². The zero-order valence-electron chi connectivity index (χ0n) is 10.8. The Balaban J connectivity index is 2.29. The molecular weight excluding hydrogens is 386 g/mol. The normalized spacial score (nSPS) is 10.3. The van der Waals surface area contributed by atoms with Gasteiger partial charge in [-0.15, -0.1) is 0 Å². The van der Waals surface area contributed by atoms with E-state index in [2.05, 4.69) is 31.9 Å². The van der Waals surface area contributed by atoms with Gasteiger partial charge in [0, 0.05) is 22.5 Å². The number of halogens is 2. The fraction of sp³-hybridized carbons (Fsp3) is 0.133. The highest BCUT2D eigenvalue weighted by molar-refractivity contribution is 9.10. The third kappa shape index (κ3) is 3.61. The molecule has 2 aromatic carbocycles. The maximum Gasteiger partial charge on any atom is 0.337 e. The van der Waals surface area contributed by atoms with Gasteiger partial charge in [-0.3, -0.25) is 0 Å². The van der Waals surface area contributed by atoms with Gasteiger partial charge in [0.1, 0.15) is 0 Å². The van der Waals surface area contributed by atoms with Gasteiger partial charge in [-0.25, -0.2) is 4.79 Å². The smallest absolute Gasteiger partial charge is 0.337 e. The van der Waals surface area contributed by atoms with Gasteiger partial charge < -0.3 is 10.0 Å². The van der Waals surface area contributed by atoms with Crippen molar-refractivity contribution in [2.24, 2.45) is 0 Å². The molecule has 104 valence electrons. The van der Waals surface area contributed by atoms with Crippen LogP contribution in [-0.2, 0) is 6.54 Å². The third-order valence-corrected chi connectivity index (χ3v) is 3.90. The summed E-state index contributed by atoms with van der Waals surface area (Å²) in [5.41, 5.74) is 2.10. The number of benzene rings is 2. The molecule has 0 heterocycles. The van der Waals surface area contributed by atoms with Crippen molar-refractivity contribution in [2.45, 2.75) is 6.54 Å². The van der Waals surface area contributed by atoms with E-state index < -0.39 is 5.97 Å². The maximum atomic E-state index is 11.3. The average Bonchev–Trinajstić information content (AvgIpc) is 2.38. The van der Waals surface area contributed by atoms with Gasteiger partial charge in [0.2, 0.25) is 0 Å². The SMILES string of the molecule is CN(Cc1cccc(Br)c1)c1ccc(Br)cc1C(=O)O. The van der Waals surface area contributed by atoms with E-state index in [9.17, 15) is 9.90 Å². The van der Waals surface area contributed by atoms with Crippen molar-refractivity contribution in [3.63, 3.8) is 0 Å². The number of carboxylic acid groups (broad SMARTS) is 1. The maximum absolute atomic E-state index is 11.3. The van der Waals surface area contributed by atoms with Crippen LogP contribution < -0.4 is 4.90 Å². The number of hydrogen-bond donors (Lipinski definition) is 1. The summed E-state index contributed by atoms with van der Waals surface area (Å²) in [6, 6.07) is 13.2. The van der Waals surface area contributed by atoms with Crippen molar-refractivity contribution in [1.82, 2.24) is 0 Å². The van der Waals surface area contributed by atoms with Crippen molar-refractivity contribution in [3.8, 4) is 0 Å². The summed E-state index contributed by atoms with van der Waals surface area (Å²) in [6.45, 7) is 0.640. The van der Waals surface area contributed by atoms with E-state index in [0.29, 0.717) is 12.2 Å². The second kappa shape index (κ2) is 6.41. The quantitative estimate of drug-likeness (QED) is 0.821. The lowest BCUT2D eigenvalue weighted by atomic mass is 10.1. The summed E-state index contributed by atoms with van der Waals surface area (Å²) in [7, 11) is 1.89. The van der Waals surface area contributed by atoms with E-state index >= 15 is 0 Å². The van der Waals surface area contributed by atoms with Gasteiger partial charge >= 0.3 is 5.97 Å². The van der Waals surface area contributed by atoms with Gasteiger partial charge in [0.05, 0.1) is 11.3 Å². The Morgan fingerprint density at radius 3 is 2.50 bits per heavy atom. The van der Waals surface area contributed by atoms with E-state index in [1.165, 1.54) is 0 Å². The van der Waals surface area contributed by atoms with Crippen molar-refractivity contribution in [2.75, 3.05) is 11.9 Å². The molecule has 0 bridgehead atoms. The lowest BCUT2D eigenvalue weighted by Gasteiger charge is -2.21. The fourth-order valence-electron chi connectivity index (χ4n) is 2.01. The van der Waals surface area contributed by atoms with Crippen molar-refractivity contribution < 1.29 is 9.90 Å². The monoisotopic (exact) mass is 397 g/mol. The molecule has 0 aromatic heterocycles. The van der Waals surface area contributed by atoms with Crippen LogP contribution in [0.5, 0.6) is 0 Å². The van der Waals surface area contributed by atoms with Crippen molar-refractivity contribution in [3.05, 3.63) is 62.5 Å². The zero-order chi connectivity index (χ0) is 14.7. The first-order valence-corrected chi connectivity index (χ1v) is 7.54. The van der Waals surface area contributed by atoms with E-state index in [4.69, 9.17) is 0 Å². The van der Waals surface area contributed by atoms with E-state index in [1.54, 1.807) is 6.07 Å². The summed E-state index contributed by atoms with van der Waals surface area (Å²) < 4.78 is 1.77. The molecule has 0 radical (unpaired) electrons. The number of hydrogen-bond acceptors (Lipinski definition) is 2. The molecule has 0 aliphatic heterocycles. The lowest BCUT2D eigenvalue weighted by molar-refractivity contribution is 0.0697. The molecule has 0 saturated heterocycles. The Morgan fingerprint density at radius 1 is 1.15 bits per heavy atom. The van der Waals surface area contributed by atoms with Crippen LogP contribution in [0.4, 0.5) is 5.69 Å². The minimum atomic E-state index is -0.928. The first-order chi connectivity index (χ1) is 9.47. The molecule has 0 aliphatic carbocycles. The van der Waals surface area contributed by atoms with Crippen LogP contribution in [0.15, 0.2) is 51.4 Å². The molecule has 3 nitrogen and oxygen atoms in total. The molecule has 1 N–H and O–H groups in total. The molecule has 2 rings (SSSR count). The van der Waals surface area contributed by atoms with Gasteiger partial charge in [-0.05, 0) is 35.9 Å². The predicted molar refractivity (Wildman–Crippen MR) is 87.4 cm³/mol. The number of carboxylic acids is 1. The number of nitrogens with zero attached hydrogens (tertiary/aromatic N) is 1. The minimum Gasteiger partial charge on any atom is -0.478 e. The van der Waals surface area contributed by atoms with Gasteiger partial charge in [0.25, 0.3) is 0 Å². The van der Waals surface area contributed by atoms with E-state index in [1.807, 2.05) is 48.3 Å². The third-order valence-electron chi connectivity index (χ3n) is 2.91. The molecule has 0 atom stereocenters. The highest BCUT2D eigenvalue weighted by atomic mass is 79.9. The molecule has 20 heavy (non-hydrogen) atoms. The van der Waals surface area contributed by atoms with Crippen LogP contribution >= 0.6 is 31.9 Å². The summed E-state index contributed by atoms with van der Waals surface area (Å²) in [4.78, 5) is 13.3.